The van der Waals surface area contributed by atoms with Gasteiger partial charge in [0.15, 0.2) is 0 Å². The largest absolute Gasteiger partial charge is 0.416 e. The van der Waals surface area contributed by atoms with Gasteiger partial charge in [0.2, 0.25) is 0 Å². The third-order valence-corrected chi connectivity index (χ3v) is 4.60. The van der Waals surface area contributed by atoms with Gasteiger partial charge in [-0.1, -0.05) is 30.3 Å². The molecular formula is C21H20F3N3O. The van der Waals surface area contributed by atoms with Gasteiger partial charge in [0.05, 0.1) is 29.2 Å². The molecule has 3 aromatic rings. The highest BCUT2D eigenvalue weighted by Crippen LogP contribution is 2.30. The average Bonchev–Trinajstić information content (AvgIpc) is 2.89. The van der Waals surface area contributed by atoms with Crippen LogP contribution in [0.2, 0.25) is 0 Å². The Morgan fingerprint density at radius 2 is 1.79 bits per heavy atom. The molecule has 0 aliphatic rings. The number of hydrogen-bond donors (Lipinski definition) is 1. The van der Waals surface area contributed by atoms with Crippen LogP contribution in [0, 0.1) is 20.8 Å². The number of benzene rings is 2. The lowest BCUT2D eigenvalue weighted by Crippen LogP contribution is -2.14. The molecule has 0 fully saturated rings. The molecule has 0 radical (unpaired) electrons. The molecule has 0 aliphatic heterocycles. The van der Waals surface area contributed by atoms with Gasteiger partial charge in [-0.05, 0) is 50.1 Å². The topological polar surface area (TPSA) is 46.9 Å². The first-order valence-corrected chi connectivity index (χ1v) is 8.74. The van der Waals surface area contributed by atoms with Crippen molar-refractivity contribution in [2.75, 3.05) is 5.32 Å². The molecule has 0 saturated heterocycles. The smallest absolute Gasteiger partial charge is 0.319 e. The Hall–Kier alpha value is -3.09. The molecule has 1 N–H and O–H groups in total. The molecule has 4 nitrogen and oxygen atoms in total. The normalized spacial score (nSPS) is 11.5. The predicted molar refractivity (Wildman–Crippen MR) is 101 cm³/mol. The summed E-state index contributed by atoms with van der Waals surface area (Å²) >= 11 is 0. The molecule has 7 heteroatoms. The van der Waals surface area contributed by atoms with E-state index in [4.69, 9.17) is 0 Å². The summed E-state index contributed by atoms with van der Waals surface area (Å²) in [5.41, 5.74) is 3.05. The van der Waals surface area contributed by atoms with Crippen LogP contribution in [-0.4, -0.2) is 15.7 Å². The molecule has 1 heterocycles. The molecular weight excluding hydrogens is 367 g/mol. The number of nitrogens with one attached hydrogen (secondary N) is 1. The van der Waals surface area contributed by atoms with Crippen molar-refractivity contribution in [1.29, 1.82) is 0 Å². The fourth-order valence-electron chi connectivity index (χ4n) is 3.06. The summed E-state index contributed by atoms with van der Waals surface area (Å²) in [5.74, 6) is -0.247. The fourth-order valence-corrected chi connectivity index (χ4v) is 3.06. The van der Waals surface area contributed by atoms with E-state index in [1.165, 1.54) is 6.07 Å². The molecule has 0 spiro atoms. The van der Waals surface area contributed by atoms with Crippen LogP contribution in [0.4, 0.5) is 18.9 Å². The van der Waals surface area contributed by atoms with E-state index < -0.39 is 11.7 Å². The number of halogens is 3. The Kier molecular flexibility index (Phi) is 5.27. The number of aryl methyl sites for hydroxylation is 2. The summed E-state index contributed by atoms with van der Waals surface area (Å²) in [5, 5.41) is 7.26. The third-order valence-electron chi connectivity index (χ3n) is 4.60. The first-order valence-electron chi connectivity index (χ1n) is 8.74. The van der Waals surface area contributed by atoms with Crippen LogP contribution >= 0.6 is 0 Å². The van der Waals surface area contributed by atoms with Crippen LogP contribution in [0.3, 0.4) is 0 Å². The van der Waals surface area contributed by atoms with Gasteiger partial charge in [-0.3, -0.25) is 9.48 Å². The van der Waals surface area contributed by atoms with Crippen molar-refractivity contribution in [3.63, 3.8) is 0 Å². The maximum absolute atomic E-state index is 12.9. The van der Waals surface area contributed by atoms with Gasteiger partial charge in [0.1, 0.15) is 0 Å². The summed E-state index contributed by atoms with van der Waals surface area (Å²) in [6.07, 6.45) is -4.39. The number of aromatic nitrogens is 2. The van der Waals surface area contributed by atoms with Crippen molar-refractivity contribution < 1.29 is 18.0 Å². The average molecular weight is 387 g/mol. The Balaban J connectivity index is 1.85. The van der Waals surface area contributed by atoms with Gasteiger partial charge in [-0.2, -0.15) is 18.3 Å². The standard InChI is InChI=1S/C21H20F3N3O/c1-13-7-4-5-10-18(13)20(28)25-19-14(2)26-27(15(19)3)12-16-8-6-9-17(11-16)21(22,23)24/h4-11H,12H2,1-3H3,(H,25,28). The first kappa shape index (κ1) is 19.7. The van der Waals surface area contributed by atoms with Crippen molar-refractivity contribution in [1.82, 2.24) is 9.78 Å². The first-order chi connectivity index (χ1) is 13.2. The van der Waals surface area contributed by atoms with Gasteiger partial charge in [0.25, 0.3) is 5.91 Å². The predicted octanol–water partition coefficient (Wildman–Crippen LogP) is 5.13. The molecule has 0 aliphatic carbocycles. The molecule has 0 atom stereocenters. The second kappa shape index (κ2) is 7.50. The van der Waals surface area contributed by atoms with E-state index >= 15 is 0 Å². The molecule has 2 aromatic carbocycles. The number of carbonyl (C=O) groups excluding carboxylic acids is 1. The van der Waals surface area contributed by atoms with Gasteiger partial charge < -0.3 is 5.32 Å². The Morgan fingerprint density at radius 3 is 2.46 bits per heavy atom. The van der Waals surface area contributed by atoms with Crippen LogP contribution in [0.15, 0.2) is 48.5 Å². The van der Waals surface area contributed by atoms with Crippen LogP contribution in [0.25, 0.3) is 0 Å². The highest BCUT2D eigenvalue weighted by molar-refractivity contribution is 6.05. The Morgan fingerprint density at radius 1 is 1.07 bits per heavy atom. The highest BCUT2D eigenvalue weighted by Gasteiger charge is 2.30. The molecule has 1 aromatic heterocycles. The number of rotatable bonds is 4. The molecule has 146 valence electrons. The van der Waals surface area contributed by atoms with E-state index in [1.807, 2.05) is 19.1 Å². The van der Waals surface area contributed by atoms with E-state index in [0.717, 1.165) is 17.7 Å². The lowest BCUT2D eigenvalue weighted by atomic mass is 10.1. The zero-order valence-corrected chi connectivity index (χ0v) is 15.8. The monoisotopic (exact) mass is 387 g/mol. The number of carbonyl (C=O) groups is 1. The zero-order chi connectivity index (χ0) is 20.5. The zero-order valence-electron chi connectivity index (χ0n) is 15.8. The van der Waals surface area contributed by atoms with Crippen LogP contribution in [0.1, 0.15) is 38.4 Å². The highest BCUT2D eigenvalue weighted by atomic mass is 19.4. The minimum atomic E-state index is -4.39. The Bertz CT molecular complexity index is 1020. The van der Waals surface area contributed by atoms with Gasteiger partial charge in [0, 0.05) is 5.56 Å². The number of anilines is 1. The number of hydrogen-bond acceptors (Lipinski definition) is 2. The maximum Gasteiger partial charge on any atom is 0.416 e. The molecule has 0 saturated carbocycles. The second-order valence-corrected chi connectivity index (χ2v) is 6.67. The quantitative estimate of drug-likeness (QED) is 0.675. The molecule has 1 amide bonds. The van der Waals surface area contributed by atoms with Crippen molar-refractivity contribution in [3.8, 4) is 0 Å². The lowest BCUT2D eigenvalue weighted by Gasteiger charge is -2.10. The van der Waals surface area contributed by atoms with Crippen molar-refractivity contribution in [3.05, 3.63) is 82.2 Å². The van der Waals surface area contributed by atoms with Gasteiger partial charge in [-0.15, -0.1) is 0 Å². The summed E-state index contributed by atoms with van der Waals surface area (Å²) in [4.78, 5) is 12.6. The van der Waals surface area contributed by atoms with E-state index in [-0.39, 0.29) is 12.5 Å². The number of nitrogens with zero attached hydrogens (tertiary/aromatic N) is 2. The van der Waals surface area contributed by atoms with E-state index in [9.17, 15) is 18.0 Å². The number of amides is 1. The van der Waals surface area contributed by atoms with Crippen LogP contribution in [-0.2, 0) is 12.7 Å². The lowest BCUT2D eigenvalue weighted by molar-refractivity contribution is -0.137. The van der Waals surface area contributed by atoms with E-state index in [1.54, 1.807) is 36.7 Å². The van der Waals surface area contributed by atoms with Crippen molar-refractivity contribution >= 4 is 11.6 Å². The summed E-state index contributed by atoms with van der Waals surface area (Å²) in [6.45, 7) is 5.56. The van der Waals surface area contributed by atoms with E-state index in [2.05, 4.69) is 10.4 Å². The summed E-state index contributed by atoms with van der Waals surface area (Å²) in [6, 6.07) is 12.4. The minimum Gasteiger partial charge on any atom is -0.319 e. The molecule has 3 rings (SSSR count). The molecule has 28 heavy (non-hydrogen) atoms. The number of alkyl halides is 3. The fraction of sp³-hybridized carbons (Fsp3) is 0.238. The van der Waals surface area contributed by atoms with Crippen molar-refractivity contribution in [2.45, 2.75) is 33.5 Å². The summed E-state index contributed by atoms with van der Waals surface area (Å²) < 4.78 is 40.4. The SMILES string of the molecule is Cc1ccccc1C(=O)Nc1c(C)nn(Cc2cccc(C(F)(F)F)c2)c1C. The maximum atomic E-state index is 12.9. The van der Waals surface area contributed by atoms with Gasteiger partial charge >= 0.3 is 6.18 Å². The van der Waals surface area contributed by atoms with Crippen LogP contribution < -0.4 is 5.32 Å². The molecule has 0 bridgehead atoms. The minimum absolute atomic E-state index is 0.177. The third kappa shape index (κ3) is 4.08. The summed E-state index contributed by atoms with van der Waals surface area (Å²) in [7, 11) is 0. The Labute approximate surface area is 161 Å². The van der Waals surface area contributed by atoms with Crippen molar-refractivity contribution in [2.24, 2.45) is 0 Å². The van der Waals surface area contributed by atoms with Gasteiger partial charge in [-0.25, -0.2) is 0 Å². The second-order valence-electron chi connectivity index (χ2n) is 6.67. The molecule has 0 unspecified atom stereocenters. The van der Waals surface area contributed by atoms with E-state index in [0.29, 0.717) is 28.2 Å². The van der Waals surface area contributed by atoms with Crippen LogP contribution in [0.5, 0.6) is 0 Å².